The minimum Gasteiger partial charge on any atom is -0.227 e. The average Bonchev–Trinajstić information content (AvgIpc) is 3.27. The second-order valence-electron chi connectivity index (χ2n) is 7.80. The molecular weight excluding hydrogens is 372 g/mol. The number of thiazole rings is 1. The standard InChI is InChI=1S/C26H24N2S/c1-2-7-19(8-3-1)20-13-15-22(16-14-20)25-18-29-26(28-25)27-17-23-11-6-10-21-9-4-5-12-24(21)23/h4-6,9-19H,1-3,7-8H2. The van der Waals surface area contributed by atoms with Crippen LogP contribution in [-0.2, 0) is 0 Å². The Balaban J connectivity index is 1.34. The van der Waals surface area contributed by atoms with Crippen molar-refractivity contribution < 1.29 is 0 Å². The van der Waals surface area contributed by atoms with Crippen LogP contribution in [0.2, 0.25) is 0 Å². The Bertz CT molecular complexity index is 1130. The summed E-state index contributed by atoms with van der Waals surface area (Å²) in [6.07, 6.45) is 8.74. The van der Waals surface area contributed by atoms with Gasteiger partial charge in [-0.05, 0) is 35.1 Å². The number of rotatable bonds is 4. The lowest BCUT2D eigenvalue weighted by molar-refractivity contribution is 0.443. The van der Waals surface area contributed by atoms with Crippen LogP contribution in [-0.4, -0.2) is 11.2 Å². The van der Waals surface area contributed by atoms with Crippen molar-refractivity contribution in [2.45, 2.75) is 38.0 Å². The van der Waals surface area contributed by atoms with E-state index in [-0.39, 0.29) is 0 Å². The smallest absolute Gasteiger partial charge is 0.209 e. The van der Waals surface area contributed by atoms with Gasteiger partial charge < -0.3 is 0 Å². The Morgan fingerprint density at radius 1 is 0.862 bits per heavy atom. The monoisotopic (exact) mass is 396 g/mol. The molecule has 1 aliphatic rings. The number of aliphatic imine (C=N–C) groups is 1. The van der Waals surface area contributed by atoms with Crippen LogP contribution in [0.25, 0.3) is 22.0 Å². The van der Waals surface area contributed by atoms with Gasteiger partial charge in [0.05, 0.1) is 5.69 Å². The van der Waals surface area contributed by atoms with Gasteiger partial charge >= 0.3 is 0 Å². The zero-order valence-corrected chi connectivity index (χ0v) is 17.2. The fourth-order valence-corrected chi connectivity index (χ4v) is 4.98. The van der Waals surface area contributed by atoms with Crippen molar-refractivity contribution in [2.24, 2.45) is 4.99 Å². The second kappa shape index (κ2) is 8.30. The Morgan fingerprint density at radius 2 is 1.66 bits per heavy atom. The van der Waals surface area contributed by atoms with Crippen molar-refractivity contribution in [2.75, 3.05) is 0 Å². The number of aromatic nitrogens is 1. The molecule has 0 radical (unpaired) electrons. The summed E-state index contributed by atoms with van der Waals surface area (Å²) in [7, 11) is 0. The third-order valence-corrected chi connectivity index (χ3v) is 6.66. The van der Waals surface area contributed by atoms with E-state index < -0.39 is 0 Å². The number of hydrogen-bond acceptors (Lipinski definition) is 3. The van der Waals surface area contributed by atoms with Crippen molar-refractivity contribution in [3.05, 3.63) is 83.2 Å². The first-order chi connectivity index (χ1) is 14.4. The lowest BCUT2D eigenvalue weighted by Crippen LogP contribution is -2.04. The molecule has 0 unspecified atom stereocenters. The molecule has 0 saturated heterocycles. The Kier molecular flexibility index (Phi) is 5.23. The largest absolute Gasteiger partial charge is 0.227 e. The lowest BCUT2D eigenvalue weighted by Gasteiger charge is -2.22. The third kappa shape index (κ3) is 4.01. The molecule has 1 heterocycles. The number of hydrogen-bond donors (Lipinski definition) is 0. The lowest BCUT2D eigenvalue weighted by atomic mass is 9.84. The first kappa shape index (κ1) is 18.3. The van der Waals surface area contributed by atoms with Gasteiger partial charge in [-0.15, -0.1) is 11.3 Å². The molecule has 1 aliphatic carbocycles. The molecule has 0 aliphatic heterocycles. The molecule has 29 heavy (non-hydrogen) atoms. The molecule has 0 spiro atoms. The topological polar surface area (TPSA) is 25.2 Å². The van der Waals surface area contributed by atoms with Crippen LogP contribution in [0.4, 0.5) is 5.13 Å². The Labute approximate surface area is 176 Å². The molecule has 3 aromatic carbocycles. The molecule has 4 aromatic rings. The Hall–Kier alpha value is -2.78. The van der Waals surface area contributed by atoms with Crippen LogP contribution in [0.3, 0.4) is 0 Å². The summed E-state index contributed by atoms with van der Waals surface area (Å²) < 4.78 is 0. The van der Waals surface area contributed by atoms with Gasteiger partial charge in [0.15, 0.2) is 0 Å². The zero-order valence-electron chi connectivity index (χ0n) is 16.4. The van der Waals surface area contributed by atoms with Crippen molar-refractivity contribution >= 4 is 33.5 Å². The third-order valence-electron chi connectivity index (χ3n) is 5.91. The summed E-state index contributed by atoms with van der Waals surface area (Å²) in [5.74, 6) is 0.745. The molecule has 2 nitrogen and oxygen atoms in total. The molecule has 1 aromatic heterocycles. The highest BCUT2D eigenvalue weighted by atomic mass is 32.1. The maximum Gasteiger partial charge on any atom is 0.209 e. The predicted octanol–water partition coefficient (Wildman–Crippen LogP) is 7.76. The summed E-state index contributed by atoms with van der Waals surface area (Å²) >= 11 is 1.59. The van der Waals surface area contributed by atoms with E-state index in [1.165, 1.54) is 54.0 Å². The summed E-state index contributed by atoms with van der Waals surface area (Å²) in [6, 6.07) is 23.7. The van der Waals surface area contributed by atoms with E-state index in [0.717, 1.165) is 22.3 Å². The highest BCUT2D eigenvalue weighted by Crippen LogP contribution is 2.34. The van der Waals surface area contributed by atoms with Crippen molar-refractivity contribution in [3.63, 3.8) is 0 Å². The van der Waals surface area contributed by atoms with E-state index in [1.807, 2.05) is 6.21 Å². The number of nitrogens with zero attached hydrogens (tertiary/aromatic N) is 2. The normalized spacial score (nSPS) is 15.3. The maximum absolute atomic E-state index is 4.74. The molecular formula is C26H24N2S. The zero-order chi connectivity index (χ0) is 19.5. The first-order valence-corrected chi connectivity index (χ1v) is 11.3. The van der Waals surface area contributed by atoms with Gasteiger partial charge in [0, 0.05) is 22.7 Å². The van der Waals surface area contributed by atoms with Gasteiger partial charge in [-0.3, -0.25) is 0 Å². The fraction of sp³-hybridized carbons (Fsp3) is 0.231. The van der Waals surface area contributed by atoms with E-state index in [2.05, 4.69) is 77.1 Å². The molecule has 0 N–H and O–H groups in total. The quantitative estimate of drug-likeness (QED) is 0.324. The summed E-state index contributed by atoms with van der Waals surface area (Å²) in [5, 5.41) is 5.35. The average molecular weight is 397 g/mol. The second-order valence-corrected chi connectivity index (χ2v) is 8.64. The van der Waals surface area contributed by atoms with Crippen molar-refractivity contribution in [1.29, 1.82) is 0 Å². The van der Waals surface area contributed by atoms with Gasteiger partial charge in [-0.2, -0.15) is 0 Å². The highest BCUT2D eigenvalue weighted by Gasteiger charge is 2.15. The SMILES string of the molecule is C(=Nc1nc(-c2ccc(C3CCCCC3)cc2)cs1)c1cccc2ccccc12. The van der Waals surface area contributed by atoms with Crippen LogP contribution >= 0.6 is 11.3 Å². The van der Waals surface area contributed by atoms with Crippen LogP contribution < -0.4 is 0 Å². The molecule has 0 atom stereocenters. The molecule has 144 valence electrons. The van der Waals surface area contributed by atoms with E-state index in [1.54, 1.807) is 11.3 Å². The number of benzene rings is 3. The van der Waals surface area contributed by atoms with Crippen LogP contribution in [0, 0.1) is 0 Å². The summed E-state index contributed by atoms with van der Waals surface area (Å²) in [4.78, 5) is 9.38. The van der Waals surface area contributed by atoms with Crippen LogP contribution in [0.1, 0.15) is 49.1 Å². The minimum atomic E-state index is 0.745. The molecule has 3 heteroatoms. The van der Waals surface area contributed by atoms with E-state index in [0.29, 0.717) is 0 Å². The van der Waals surface area contributed by atoms with Gasteiger partial charge in [0.1, 0.15) is 0 Å². The van der Waals surface area contributed by atoms with Gasteiger partial charge in [0.25, 0.3) is 0 Å². The minimum absolute atomic E-state index is 0.745. The first-order valence-electron chi connectivity index (χ1n) is 10.4. The van der Waals surface area contributed by atoms with Crippen molar-refractivity contribution in [3.8, 4) is 11.3 Å². The van der Waals surface area contributed by atoms with Crippen molar-refractivity contribution in [1.82, 2.24) is 4.98 Å². The Morgan fingerprint density at radius 3 is 2.52 bits per heavy atom. The maximum atomic E-state index is 4.74. The van der Waals surface area contributed by atoms with Gasteiger partial charge in [-0.25, -0.2) is 9.98 Å². The molecule has 5 rings (SSSR count). The summed E-state index contributed by atoms with van der Waals surface area (Å²) in [6.45, 7) is 0. The molecule has 0 bridgehead atoms. The fourth-order valence-electron chi connectivity index (χ4n) is 4.31. The highest BCUT2D eigenvalue weighted by molar-refractivity contribution is 7.13. The van der Waals surface area contributed by atoms with E-state index in [4.69, 9.17) is 4.98 Å². The summed E-state index contributed by atoms with van der Waals surface area (Å²) in [5.41, 5.74) is 4.79. The molecule has 1 fully saturated rings. The molecule has 1 saturated carbocycles. The van der Waals surface area contributed by atoms with Crippen LogP contribution in [0.15, 0.2) is 77.1 Å². The predicted molar refractivity (Wildman–Crippen MR) is 125 cm³/mol. The van der Waals surface area contributed by atoms with Gasteiger partial charge in [-0.1, -0.05) is 86.0 Å². The number of fused-ring (bicyclic) bond motifs is 1. The van der Waals surface area contributed by atoms with E-state index in [9.17, 15) is 0 Å². The van der Waals surface area contributed by atoms with Crippen LogP contribution in [0.5, 0.6) is 0 Å². The van der Waals surface area contributed by atoms with Gasteiger partial charge in [0.2, 0.25) is 5.13 Å². The van der Waals surface area contributed by atoms with E-state index >= 15 is 0 Å². The molecule has 0 amide bonds.